The van der Waals surface area contributed by atoms with Crippen LogP contribution in [0.25, 0.3) is 0 Å². The van der Waals surface area contributed by atoms with Crippen LogP contribution < -0.4 is 15.7 Å². The van der Waals surface area contributed by atoms with Gasteiger partial charge in [0.25, 0.3) is 0 Å². The van der Waals surface area contributed by atoms with Crippen LogP contribution in [0.3, 0.4) is 0 Å². The van der Waals surface area contributed by atoms with E-state index in [4.69, 9.17) is 9.31 Å². The molecule has 0 saturated carbocycles. The van der Waals surface area contributed by atoms with Gasteiger partial charge in [-0.25, -0.2) is 13.6 Å². The smallest absolute Gasteiger partial charge is 0.399 e. The lowest BCUT2D eigenvalue weighted by Crippen LogP contribution is -2.41. The maximum absolute atomic E-state index is 15.3. The summed E-state index contributed by atoms with van der Waals surface area (Å²) in [5.74, 6) is -2.02. The highest BCUT2D eigenvalue weighted by Crippen LogP contribution is 3.02. The highest BCUT2D eigenvalue weighted by Gasteiger charge is 2.65. The number of carbonyl (C=O) groups is 1. The minimum Gasteiger partial charge on any atom is -0.399 e. The Morgan fingerprint density at radius 2 is 1.60 bits per heavy atom. The largest absolute Gasteiger partial charge is 0.497 e. The van der Waals surface area contributed by atoms with Gasteiger partial charge in [0.1, 0.15) is 16.5 Å². The van der Waals surface area contributed by atoms with Crippen molar-refractivity contribution >= 4 is 40.2 Å². The molecule has 2 heterocycles. The Hall–Kier alpha value is -2.45. The molecule has 2 aromatic rings. The lowest BCUT2D eigenvalue weighted by Gasteiger charge is -2.40. The normalized spacial score (nSPS) is 20.9. The van der Waals surface area contributed by atoms with E-state index in [2.05, 4.69) is 0 Å². The minimum atomic E-state index is -10.1. The molecule has 2 aromatic carbocycles. The summed E-state index contributed by atoms with van der Waals surface area (Å²) < 4.78 is 107. The number of amides is 2. The number of nitrogens with zero attached hydrogens (tertiary/aromatic N) is 1. The number of urea groups is 1. The van der Waals surface area contributed by atoms with Gasteiger partial charge < -0.3 is 14.6 Å². The average Bonchev–Trinajstić information content (AvgIpc) is 3.20. The maximum Gasteiger partial charge on any atom is 0.497 e. The zero-order valence-electron chi connectivity index (χ0n) is 19.1. The quantitative estimate of drug-likeness (QED) is 0.366. The van der Waals surface area contributed by atoms with Gasteiger partial charge in [-0.15, -0.1) is 0 Å². The van der Waals surface area contributed by atoms with Crippen molar-refractivity contribution in [2.75, 3.05) is 16.8 Å². The molecule has 5 nitrogen and oxygen atoms in total. The van der Waals surface area contributed by atoms with Gasteiger partial charge in [-0.05, 0) is 58.4 Å². The maximum atomic E-state index is 15.3. The number of halogens is 7. The summed E-state index contributed by atoms with van der Waals surface area (Å²) >= 11 is 0. The van der Waals surface area contributed by atoms with Gasteiger partial charge in [0.05, 0.1) is 22.6 Å². The van der Waals surface area contributed by atoms with Crippen molar-refractivity contribution in [2.24, 2.45) is 0 Å². The Bertz CT molecular complexity index is 1220. The van der Waals surface area contributed by atoms with Gasteiger partial charge in [0.2, 0.25) is 0 Å². The highest BCUT2D eigenvalue weighted by molar-refractivity contribution is 8.45. The number of hydrogen-bond acceptors (Lipinski definition) is 3. The number of hydrogen-bond donors (Lipinski definition) is 1. The van der Waals surface area contributed by atoms with Crippen LogP contribution >= 0.6 is 10.2 Å². The van der Waals surface area contributed by atoms with Crippen molar-refractivity contribution in [2.45, 2.75) is 50.2 Å². The third kappa shape index (κ3) is 4.58. The van der Waals surface area contributed by atoms with Crippen molar-refractivity contribution in [1.29, 1.82) is 0 Å². The SMILES string of the molecule is CC1(C)OB(c2ccc3c(c2F)CCN3C(=O)Nc2cc(S(F)(F)(F)(F)F)ccc2F)OC1(C)C. The van der Waals surface area contributed by atoms with Gasteiger partial charge in [-0.2, -0.15) is 0 Å². The van der Waals surface area contributed by atoms with Crippen LogP contribution in [0.2, 0.25) is 0 Å². The van der Waals surface area contributed by atoms with E-state index in [9.17, 15) is 28.6 Å². The van der Waals surface area contributed by atoms with Gasteiger partial charge in [0.15, 0.2) is 0 Å². The Morgan fingerprint density at radius 3 is 2.17 bits per heavy atom. The molecule has 1 saturated heterocycles. The first kappa shape index (κ1) is 25.6. The molecule has 0 bridgehead atoms. The Labute approximate surface area is 197 Å². The molecule has 0 atom stereocenters. The molecular formula is C21H22BF7N2O3S. The molecule has 14 heteroatoms. The average molecular weight is 526 g/mol. The molecule has 4 rings (SSSR count). The van der Waals surface area contributed by atoms with Crippen LogP contribution in [0.1, 0.15) is 33.3 Å². The summed E-state index contributed by atoms with van der Waals surface area (Å²) in [5, 5.41) is 1.88. The van der Waals surface area contributed by atoms with Gasteiger partial charge >= 0.3 is 23.4 Å². The van der Waals surface area contributed by atoms with E-state index in [-0.39, 0.29) is 47.9 Å². The second-order valence-corrected chi connectivity index (χ2v) is 11.9. The standard InChI is InChI=1S/C21H22BF7N2O3S/c1-20(2)21(3,4)34-22(33-20)14-6-8-17-13(18(14)24)9-10-31(17)19(32)30-16-11-12(5-7-15(16)23)35(25,26,27,28)29/h5-8,11H,9-10H2,1-4H3,(H,30,32). The van der Waals surface area contributed by atoms with E-state index in [1.54, 1.807) is 27.7 Å². The third-order valence-electron chi connectivity index (χ3n) is 6.50. The van der Waals surface area contributed by atoms with Crippen molar-refractivity contribution in [1.82, 2.24) is 0 Å². The molecule has 0 spiro atoms. The first-order valence-electron chi connectivity index (χ1n) is 10.5. The van der Waals surface area contributed by atoms with Crippen LogP contribution in [0, 0.1) is 11.6 Å². The van der Waals surface area contributed by atoms with E-state index in [1.807, 2.05) is 5.32 Å². The molecule has 1 fully saturated rings. The van der Waals surface area contributed by atoms with Crippen molar-refractivity contribution < 1.29 is 42.3 Å². The van der Waals surface area contributed by atoms with Crippen molar-refractivity contribution in [3.63, 3.8) is 0 Å². The number of fused-ring (bicyclic) bond motifs is 1. The van der Waals surface area contributed by atoms with E-state index < -0.39 is 56.8 Å². The van der Waals surface area contributed by atoms with Crippen molar-refractivity contribution in [3.05, 3.63) is 47.5 Å². The van der Waals surface area contributed by atoms with Gasteiger partial charge in [-0.1, -0.05) is 25.5 Å². The first-order valence-corrected chi connectivity index (χ1v) is 12.4. The lowest BCUT2D eigenvalue weighted by molar-refractivity contribution is 0.00578. The van der Waals surface area contributed by atoms with Crippen LogP contribution in [0.15, 0.2) is 35.2 Å². The number of nitrogens with one attached hydrogen (secondary N) is 1. The third-order valence-corrected chi connectivity index (χ3v) is 7.65. The molecule has 2 aliphatic heterocycles. The summed E-state index contributed by atoms with van der Waals surface area (Å²) in [4.78, 5) is 11.3. The van der Waals surface area contributed by atoms with Gasteiger partial charge in [-0.3, -0.25) is 4.90 Å². The number of benzene rings is 2. The number of carbonyl (C=O) groups excluding carboxylic acids is 1. The molecule has 0 radical (unpaired) electrons. The second kappa shape index (κ2) is 7.07. The van der Waals surface area contributed by atoms with Crippen LogP contribution in [0.5, 0.6) is 0 Å². The molecule has 1 N–H and O–H groups in total. The lowest BCUT2D eigenvalue weighted by atomic mass is 9.77. The molecule has 192 valence electrons. The molecule has 35 heavy (non-hydrogen) atoms. The van der Waals surface area contributed by atoms with Crippen molar-refractivity contribution in [3.8, 4) is 0 Å². The Morgan fingerprint density at radius 1 is 1.00 bits per heavy atom. The minimum absolute atomic E-state index is 0.0515. The highest BCUT2D eigenvalue weighted by atomic mass is 32.5. The van der Waals surface area contributed by atoms with E-state index >= 15 is 4.39 Å². The van der Waals surface area contributed by atoms with Crippen LogP contribution in [0.4, 0.5) is 44.4 Å². The summed E-state index contributed by atoms with van der Waals surface area (Å²) in [6.45, 7) is 7.13. The monoisotopic (exact) mass is 526 g/mol. The predicted molar refractivity (Wildman–Crippen MR) is 120 cm³/mol. The number of anilines is 2. The zero-order chi connectivity index (χ0) is 26.3. The van der Waals surface area contributed by atoms with E-state index in [1.165, 1.54) is 12.1 Å². The summed E-state index contributed by atoms with van der Waals surface area (Å²) in [7, 11) is -11.1. The van der Waals surface area contributed by atoms with Gasteiger partial charge in [0, 0.05) is 17.6 Å². The first-order chi connectivity index (χ1) is 15.7. The zero-order valence-corrected chi connectivity index (χ0v) is 19.9. The van der Waals surface area contributed by atoms with E-state index in [0.29, 0.717) is 0 Å². The fraction of sp³-hybridized carbons (Fsp3) is 0.381. The predicted octanol–water partition coefficient (Wildman–Crippen LogP) is 6.52. The Balaban J connectivity index is 1.60. The Kier molecular flexibility index (Phi) is 5.18. The molecule has 0 unspecified atom stereocenters. The number of rotatable bonds is 3. The van der Waals surface area contributed by atoms with Crippen LogP contribution in [-0.4, -0.2) is 30.9 Å². The topological polar surface area (TPSA) is 50.8 Å². The molecule has 2 amide bonds. The fourth-order valence-electron chi connectivity index (χ4n) is 3.85. The molecule has 0 aliphatic carbocycles. The van der Waals surface area contributed by atoms with Crippen LogP contribution in [-0.2, 0) is 15.7 Å². The fourth-order valence-corrected chi connectivity index (χ4v) is 4.52. The summed E-state index contributed by atoms with van der Waals surface area (Å²) in [6.07, 6.45) is 0.0515. The molecule has 2 aliphatic rings. The summed E-state index contributed by atoms with van der Waals surface area (Å²) in [6, 6.07) is 1.60. The molecular weight excluding hydrogens is 504 g/mol. The summed E-state index contributed by atoms with van der Waals surface area (Å²) in [5.41, 5.74) is -2.17. The van der Waals surface area contributed by atoms with E-state index in [0.717, 1.165) is 4.90 Å². The molecule has 0 aromatic heterocycles. The second-order valence-electron chi connectivity index (χ2n) is 9.50.